The van der Waals surface area contributed by atoms with Gasteiger partial charge < -0.3 is 4.74 Å². The number of aromatic nitrogens is 1. The van der Waals surface area contributed by atoms with Crippen LogP contribution < -0.4 is 4.74 Å². The van der Waals surface area contributed by atoms with E-state index in [2.05, 4.69) is 13.8 Å². The molecule has 0 aliphatic heterocycles. The fraction of sp³-hybridized carbons (Fsp3) is 0.364. The second kappa shape index (κ2) is 8.99. The largest absolute Gasteiger partial charge is 0.494 e. The van der Waals surface area contributed by atoms with Crippen LogP contribution in [0.25, 0.3) is 10.9 Å². The number of nitrogens with zero attached hydrogens (tertiary/aromatic N) is 1. The van der Waals surface area contributed by atoms with Crippen molar-refractivity contribution in [1.29, 1.82) is 0 Å². The number of rotatable bonds is 8. The second-order valence-electron chi connectivity index (χ2n) is 7.20. The number of ether oxygens (including phenoxy) is 1. The summed E-state index contributed by atoms with van der Waals surface area (Å²) >= 11 is 12.2. The van der Waals surface area contributed by atoms with Crippen LogP contribution in [0.1, 0.15) is 39.2 Å². The van der Waals surface area contributed by atoms with Gasteiger partial charge in [-0.05, 0) is 55.7 Å². The van der Waals surface area contributed by atoms with Crippen molar-refractivity contribution in [3.8, 4) is 5.75 Å². The molecule has 0 radical (unpaired) electrons. The summed E-state index contributed by atoms with van der Waals surface area (Å²) in [6.45, 7) is 6.87. The molecule has 0 saturated heterocycles. The third-order valence-corrected chi connectivity index (χ3v) is 7.38. The second-order valence-corrected chi connectivity index (χ2v) is 9.82. The van der Waals surface area contributed by atoms with Crippen LogP contribution in [-0.2, 0) is 16.4 Å². The first-order valence-corrected chi connectivity index (χ1v) is 12.0. The number of hydrogen-bond acceptors (Lipinski definition) is 3. The van der Waals surface area contributed by atoms with E-state index in [9.17, 15) is 8.42 Å². The van der Waals surface area contributed by atoms with Gasteiger partial charge >= 0.3 is 0 Å². The van der Waals surface area contributed by atoms with E-state index in [1.54, 1.807) is 18.3 Å². The first kappa shape index (κ1) is 22.0. The highest BCUT2D eigenvalue weighted by atomic mass is 35.5. The molecule has 3 rings (SSSR count). The van der Waals surface area contributed by atoms with Crippen molar-refractivity contribution in [2.24, 2.45) is 5.92 Å². The van der Waals surface area contributed by atoms with E-state index in [1.807, 2.05) is 19.1 Å². The molecule has 1 unspecified atom stereocenters. The maximum absolute atomic E-state index is 13.3. The number of halogens is 2. The Morgan fingerprint density at radius 3 is 2.55 bits per heavy atom. The van der Waals surface area contributed by atoms with Gasteiger partial charge in [0.25, 0.3) is 10.0 Å². The van der Waals surface area contributed by atoms with E-state index in [1.165, 1.54) is 16.1 Å². The lowest BCUT2D eigenvalue weighted by Gasteiger charge is -2.16. The van der Waals surface area contributed by atoms with Gasteiger partial charge in [-0.25, -0.2) is 12.4 Å². The Labute approximate surface area is 182 Å². The Morgan fingerprint density at radius 1 is 1.10 bits per heavy atom. The van der Waals surface area contributed by atoms with Crippen LogP contribution in [0.3, 0.4) is 0 Å². The highest BCUT2D eigenvalue weighted by molar-refractivity contribution is 7.90. The van der Waals surface area contributed by atoms with Gasteiger partial charge in [-0.15, -0.1) is 0 Å². The van der Waals surface area contributed by atoms with Crippen molar-refractivity contribution in [3.63, 3.8) is 0 Å². The third-order valence-electron chi connectivity index (χ3n) is 4.97. The van der Waals surface area contributed by atoms with Gasteiger partial charge in [0.1, 0.15) is 10.6 Å². The molecular weight excluding hydrogens is 429 g/mol. The summed E-state index contributed by atoms with van der Waals surface area (Å²) in [4.78, 5) is -0.0149. The maximum Gasteiger partial charge on any atom is 0.269 e. The Hall–Kier alpha value is -1.69. The lowest BCUT2D eigenvalue weighted by molar-refractivity contribution is 0.334. The van der Waals surface area contributed by atoms with Crippen LogP contribution in [0.2, 0.25) is 10.0 Å². The highest BCUT2D eigenvalue weighted by Gasteiger charge is 2.24. The van der Waals surface area contributed by atoms with E-state index in [0.717, 1.165) is 36.0 Å². The lowest BCUT2D eigenvalue weighted by atomic mass is 9.94. The van der Waals surface area contributed by atoms with Crippen LogP contribution in [-0.4, -0.2) is 19.0 Å². The van der Waals surface area contributed by atoms with Crippen molar-refractivity contribution in [2.75, 3.05) is 6.61 Å². The molecule has 0 amide bonds. The zero-order valence-corrected chi connectivity index (χ0v) is 19.1. The van der Waals surface area contributed by atoms with E-state index in [0.29, 0.717) is 23.1 Å². The number of benzene rings is 2. The molecule has 4 nitrogen and oxygen atoms in total. The smallest absolute Gasteiger partial charge is 0.269 e. The van der Waals surface area contributed by atoms with Crippen LogP contribution in [0.15, 0.2) is 47.5 Å². The van der Waals surface area contributed by atoms with Crippen LogP contribution in [0, 0.1) is 5.92 Å². The van der Waals surface area contributed by atoms with E-state index in [4.69, 9.17) is 27.9 Å². The minimum atomic E-state index is -3.90. The van der Waals surface area contributed by atoms with Crippen LogP contribution in [0.4, 0.5) is 0 Å². The summed E-state index contributed by atoms with van der Waals surface area (Å²) in [6.07, 6.45) is 4.59. The molecule has 0 saturated carbocycles. The molecule has 0 N–H and O–H groups in total. The van der Waals surface area contributed by atoms with E-state index >= 15 is 0 Å². The Bertz CT molecular complexity index is 1120. The van der Waals surface area contributed by atoms with Gasteiger partial charge in [0, 0.05) is 22.2 Å². The quantitative estimate of drug-likeness (QED) is 0.387. The molecule has 0 aliphatic rings. The van der Waals surface area contributed by atoms with Gasteiger partial charge in [0.05, 0.1) is 17.1 Å². The molecule has 0 spiro atoms. The predicted octanol–water partition coefficient (Wildman–Crippen LogP) is 6.56. The average molecular weight is 454 g/mol. The van der Waals surface area contributed by atoms with Gasteiger partial charge in [0.2, 0.25) is 0 Å². The van der Waals surface area contributed by atoms with Crippen molar-refractivity contribution in [1.82, 2.24) is 3.97 Å². The molecular formula is C22H25Cl2NO3S. The van der Waals surface area contributed by atoms with Crippen molar-refractivity contribution >= 4 is 44.1 Å². The third kappa shape index (κ3) is 4.42. The highest BCUT2D eigenvalue weighted by Crippen LogP contribution is 2.35. The summed E-state index contributed by atoms with van der Waals surface area (Å²) in [5, 5.41) is 1.33. The maximum atomic E-state index is 13.3. The Balaban J connectivity index is 2.17. The molecule has 7 heteroatoms. The minimum absolute atomic E-state index is 0.0149. The Kier molecular flexibility index (Phi) is 6.82. The fourth-order valence-corrected chi connectivity index (χ4v) is 5.76. The van der Waals surface area contributed by atoms with E-state index in [-0.39, 0.29) is 9.92 Å². The molecule has 0 fully saturated rings. The fourth-order valence-electron chi connectivity index (χ4n) is 3.67. The van der Waals surface area contributed by atoms with Gasteiger partial charge in [-0.1, -0.05) is 49.9 Å². The molecule has 2 aromatic carbocycles. The van der Waals surface area contributed by atoms with Crippen molar-refractivity contribution < 1.29 is 13.2 Å². The van der Waals surface area contributed by atoms with Crippen molar-refractivity contribution in [2.45, 2.75) is 44.9 Å². The lowest BCUT2D eigenvalue weighted by Crippen LogP contribution is -2.12. The van der Waals surface area contributed by atoms with E-state index < -0.39 is 10.0 Å². The molecule has 0 aliphatic carbocycles. The summed E-state index contributed by atoms with van der Waals surface area (Å²) in [5.41, 5.74) is 1.64. The molecule has 3 aromatic rings. The van der Waals surface area contributed by atoms with Crippen LogP contribution >= 0.6 is 23.2 Å². The molecule has 1 atom stereocenters. The van der Waals surface area contributed by atoms with Gasteiger partial charge in [-0.3, -0.25) is 0 Å². The number of fused-ring (bicyclic) bond motifs is 1. The molecule has 1 heterocycles. The summed E-state index contributed by atoms with van der Waals surface area (Å²) in [5.74, 6) is 1.27. The zero-order valence-electron chi connectivity index (χ0n) is 16.8. The Morgan fingerprint density at radius 2 is 1.86 bits per heavy atom. The summed E-state index contributed by atoms with van der Waals surface area (Å²) < 4.78 is 33.7. The summed E-state index contributed by atoms with van der Waals surface area (Å²) in [7, 11) is -3.90. The zero-order chi connectivity index (χ0) is 21.2. The average Bonchev–Trinajstić information content (AvgIpc) is 3.11. The first-order chi connectivity index (χ1) is 13.8. The molecule has 1 aromatic heterocycles. The van der Waals surface area contributed by atoms with Crippen LogP contribution in [0.5, 0.6) is 5.75 Å². The standard InChI is InChI=1S/C22H25Cl2NO3S/c1-4-6-15(3)13-18-17-11-12-25(20(17)9-10-21(18)28-5-2)29(26,27)22-14-16(23)7-8-19(22)24/h7-12,14-15H,4-6,13H2,1-3H3. The normalized spacial score (nSPS) is 13.0. The molecule has 29 heavy (non-hydrogen) atoms. The molecule has 156 valence electrons. The van der Waals surface area contributed by atoms with Gasteiger partial charge in [0.15, 0.2) is 0 Å². The first-order valence-electron chi connectivity index (χ1n) is 9.75. The topological polar surface area (TPSA) is 48.3 Å². The van der Waals surface area contributed by atoms with Gasteiger partial charge in [-0.2, -0.15) is 0 Å². The van der Waals surface area contributed by atoms with Crippen molar-refractivity contribution in [3.05, 3.63) is 58.2 Å². The molecule has 0 bridgehead atoms. The number of hydrogen-bond donors (Lipinski definition) is 0. The monoisotopic (exact) mass is 453 g/mol. The SMILES string of the molecule is CCCC(C)Cc1c(OCC)ccc2c1ccn2S(=O)(=O)c1cc(Cl)ccc1Cl. The minimum Gasteiger partial charge on any atom is -0.494 e. The summed E-state index contributed by atoms with van der Waals surface area (Å²) in [6, 6.07) is 9.91. The predicted molar refractivity (Wildman–Crippen MR) is 120 cm³/mol.